The lowest BCUT2D eigenvalue weighted by Gasteiger charge is -2.22. The Kier molecular flexibility index (Phi) is 5.47. The number of hydrogen-bond acceptors (Lipinski definition) is 9. The molecule has 4 heterocycles. The molecule has 0 aliphatic carbocycles. The molecule has 0 bridgehead atoms. The number of hydrogen-bond donors (Lipinski definition) is 1. The Balaban J connectivity index is 1.15. The highest BCUT2D eigenvalue weighted by molar-refractivity contribution is 5.69. The summed E-state index contributed by atoms with van der Waals surface area (Å²) in [6, 6.07) is 15.0. The third kappa shape index (κ3) is 3.82. The van der Waals surface area contributed by atoms with E-state index in [9.17, 15) is 4.79 Å². The number of nitrogens with one attached hydrogen (secondary N) is 1. The monoisotopic (exact) mass is 465 g/mol. The van der Waals surface area contributed by atoms with E-state index in [1.165, 1.54) is 0 Å². The number of alkyl carbamates (subject to hydrolysis) is 1. The molecule has 1 N–H and O–H groups in total. The zero-order chi connectivity index (χ0) is 22.9. The Morgan fingerprint density at radius 3 is 2.79 bits per heavy atom. The summed E-state index contributed by atoms with van der Waals surface area (Å²) in [6.45, 7) is 1.89. The fourth-order valence-electron chi connectivity index (χ4n) is 4.55. The number of fused-ring (bicyclic) bond motifs is 2. The largest absolute Gasteiger partial charge is 0.486 e. The first-order valence-electron chi connectivity index (χ1n) is 11.2. The van der Waals surface area contributed by atoms with E-state index in [0.29, 0.717) is 43.7 Å². The zero-order valence-electron chi connectivity index (χ0n) is 18.2. The van der Waals surface area contributed by atoms with Gasteiger partial charge in [0.15, 0.2) is 23.4 Å². The van der Waals surface area contributed by atoms with Gasteiger partial charge in [0.05, 0.1) is 18.8 Å². The molecule has 176 valence electrons. The van der Waals surface area contributed by atoms with Crippen LogP contribution in [-0.4, -0.2) is 71.0 Å². The van der Waals surface area contributed by atoms with Gasteiger partial charge in [-0.2, -0.15) is 0 Å². The molecule has 1 aromatic heterocycles. The summed E-state index contributed by atoms with van der Waals surface area (Å²) in [7, 11) is 0. The van der Waals surface area contributed by atoms with Crippen LogP contribution in [0, 0.1) is 0 Å². The zero-order valence-corrected chi connectivity index (χ0v) is 18.2. The molecule has 0 radical (unpaired) electrons. The summed E-state index contributed by atoms with van der Waals surface area (Å²) >= 11 is 0. The first-order chi connectivity index (χ1) is 16.8. The average Bonchev–Trinajstić information content (AvgIpc) is 3.61. The molecule has 0 spiro atoms. The number of ether oxygens (including phenoxy) is 5. The fourth-order valence-corrected chi connectivity index (χ4v) is 4.55. The van der Waals surface area contributed by atoms with Crippen molar-refractivity contribution in [2.24, 2.45) is 0 Å². The number of amides is 1. The van der Waals surface area contributed by atoms with Gasteiger partial charge < -0.3 is 29.0 Å². The highest BCUT2D eigenvalue weighted by Crippen LogP contribution is 2.41. The first-order valence-corrected chi connectivity index (χ1v) is 11.2. The average molecular weight is 465 g/mol. The van der Waals surface area contributed by atoms with Crippen LogP contribution >= 0.6 is 0 Å². The molecule has 0 saturated carbocycles. The van der Waals surface area contributed by atoms with E-state index in [4.69, 9.17) is 23.7 Å². The molecule has 2 aromatic carbocycles. The number of carbonyl (C=O) groups is 1. The van der Waals surface area contributed by atoms with Crippen LogP contribution in [0.1, 0.15) is 11.6 Å². The van der Waals surface area contributed by atoms with Gasteiger partial charge in [-0.3, -0.25) is 0 Å². The van der Waals surface area contributed by atoms with Crippen molar-refractivity contribution in [3.63, 3.8) is 0 Å². The molecule has 2 saturated heterocycles. The smallest absolute Gasteiger partial charge is 0.407 e. The molecule has 4 atom stereocenters. The van der Waals surface area contributed by atoms with Crippen LogP contribution in [0.25, 0.3) is 11.4 Å². The van der Waals surface area contributed by atoms with E-state index >= 15 is 0 Å². The number of rotatable bonds is 5. The predicted octanol–water partition coefficient (Wildman–Crippen LogP) is 1.74. The molecule has 34 heavy (non-hydrogen) atoms. The van der Waals surface area contributed by atoms with E-state index in [2.05, 4.69) is 20.8 Å². The highest BCUT2D eigenvalue weighted by Gasteiger charge is 2.51. The van der Waals surface area contributed by atoms with E-state index in [0.717, 1.165) is 11.1 Å². The van der Waals surface area contributed by atoms with Crippen LogP contribution in [0.2, 0.25) is 0 Å². The molecule has 2 fully saturated rings. The van der Waals surface area contributed by atoms with Gasteiger partial charge in [0.25, 0.3) is 0 Å². The third-order valence-electron chi connectivity index (χ3n) is 6.13. The molecule has 3 aliphatic rings. The molecule has 11 heteroatoms. The Morgan fingerprint density at radius 1 is 1.03 bits per heavy atom. The van der Waals surface area contributed by atoms with Crippen LogP contribution < -0.4 is 14.8 Å². The van der Waals surface area contributed by atoms with Crippen LogP contribution in [0.4, 0.5) is 4.79 Å². The lowest BCUT2D eigenvalue weighted by Crippen LogP contribution is -2.37. The number of tetrazole rings is 1. The quantitative estimate of drug-likeness (QED) is 0.601. The van der Waals surface area contributed by atoms with Crippen molar-refractivity contribution in [3.8, 4) is 22.9 Å². The molecule has 1 amide bonds. The standard InChI is InChI=1S/C23H23N5O6/c29-23(24-11-14-5-2-1-3-6-14)34-18-13-33-20-16(12-32-21(18)20)28-22(25-26-27-28)15-7-4-8-17-19(15)31-10-9-30-17/h1-8,16,18,20-21H,9-13H2,(H,24,29)/t16-,18+,20+,21+/m0/s1. The van der Waals surface area contributed by atoms with Crippen LogP contribution in [0.5, 0.6) is 11.5 Å². The highest BCUT2D eigenvalue weighted by atomic mass is 16.6. The van der Waals surface area contributed by atoms with Crippen molar-refractivity contribution >= 4 is 6.09 Å². The van der Waals surface area contributed by atoms with Crippen molar-refractivity contribution in [1.29, 1.82) is 0 Å². The lowest BCUT2D eigenvalue weighted by molar-refractivity contribution is 0.00290. The maximum Gasteiger partial charge on any atom is 0.407 e. The van der Waals surface area contributed by atoms with E-state index in [-0.39, 0.29) is 18.8 Å². The Bertz CT molecular complexity index is 1170. The second kappa shape index (κ2) is 8.92. The van der Waals surface area contributed by atoms with Gasteiger partial charge in [0.2, 0.25) is 0 Å². The number of aromatic nitrogens is 4. The second-order valence-corrected chi connectivity index (χ2v) is 8.22. The van der Waals surface area contributed by atoms with Crippen molar-refractivity contribution in [2.45, 2.75) is 30.9 Å². The van der Waals surface area contributed by atoms with Crippen LogP contribution in [0.15, 0.2) is 48.5 Å². The Labute approximate surface area is 194 Å². The van der Waals surface area contributed by atoms with Crippen LogP contribution in [0.3, 0.4) is 0 Å². The fraction of sp³-hybridized carbons (Fsp3) is 0.391. The Morgan fingerprint density at radius 2 is 1.88 bits per heavy atom. The topological polar surface area (TPSA) is 119 Å². The van der Waals surface area contributed by atoms with Crippen molar-refractivity contribution in [1.82, 2.24) is 25.5 Å². The minimum absolute atomic E-state index is 0.236. The summed E-state index contributed by atoms with van der Waals surface area (Å²) in [5, 5.41) is 15.1. The minimum atomic E-state index is -0.521. The summed E-state index contributed by atoms with van der Waals surface area (Å²) in [4.78, 5) is 12.3. The van der Waals surface area contributed by atoms with Crippen molar-refractivity contribution in [2.75, 3.05) is 26.4 Å². The second-order valence-electron chi connectivity index (χ2n) is 8.22. The first kappa shape index (κ1) is 20.9. The predicted molar refractivity (Wildman–Crippen MR) is 116 cm³/mol. The SMILES string of the molecule is O=C(NCc1ccccc1)O[C@@H]1CO[C@H]2[C@@H]1OC[C@@H]2n1nnnc1-c1cccc2c1OCCO2. The minimum Gasteiger partial charge on any atom is -0.486 e. The summed E-state index contributed by atoms with van der Waals surface area (Å²) in [6.07, 6.45) is -1.80. The number of nitrogens with zero attached hydrogens (tertiary/aromatic N) is 4. The van der Waals surface area contributed by atoms with Crippen molar-refractivity contribution < 1.29 is 28.5 Å². The summed E-state index contributed by atoms with van der Waals surface area (Å²) < 4.78 is 30.8. The molecule has 3 aliphatic heterocycles. The summed E-state index contributed by atoms with van der Waals surface area (Å²) in [5.41, 5.74) is 1.72. The maximum atomic E-state index is 12.3. The van der Waals surface area contributed by atoms with E-state index in [1.807, 2.05) is 48.5 Å². The van der Waals surface area contributed by atoms with Gasteiger partial charge in [0, 0.05) is 6.54 Å². The normalized spacial score (nSPS) is 25.1. The summed E-state index contributed by atoms with van der Waals surface area (Å²) in [5.74, 6) is 1.81. The van der Waals surface area contributed by atoms with Gasteiger partial charge in [-0.1, -0.05) is 36.4 Å². The number of para-hydroxylation sites is 1. The van der Waals surface area contributed by atoms with Gasteiger partial charge in [-0.05, 0) is 28.1 Å². The Hall–Kier alpha value is -3.70. The molecule has 3 aromatic rings. The van der Waals surface area contributed by atoms with Gasteiger partial charge in [0.1, 0.15) is 31.5 Å². The molecule has 0 unspecified atom stereocenters. The molecule has 6 rings (SSSR count). The molecule has 11 nitrogen and oxygen atoms in total. The molecular formula is C23H23N5O6. The number of benzene rings is 2. The van der Waals surface area contributed by atoms with Gasteiger partial charge in [-0.25, -0.2) is 9.48 Å². The van der Waals surface area contributed by atoms with Crippen molar-refractivity contribution in [3.05, 3.63) is 54.1 Å². The molecular weight excluding hydrogens is 442 g/mol. The van der Waals surface area contributed by atoms with Gasteiger partial charge >= 0.3 is 6.09 Å². The lowest BCUT2D eigenvalue weighted by atomic mass is 10.1. The van der Waals surface area contributed by atoms with E-state index in [1.54, 1.807) is 4.68 Å². The third-order valence-corrected chi connectivity index (χ3v) is 6.13. The maximum absolute atomic E-state index is 12.3. The number of carbonyl (C=O) groups excluding carboxylic acids is 1. The van der Waals surface area contributed by atoms with E-state index < -0.39 is 18.3 Å². The van der Waals surface area contributed by atoms with Crippen LogP contribution in [-0.2, 0) is 20.8 Å². The van der Waals surface area contributed by atoms with Gasteiger partial charge in [-0.15, -0.1) is 5.10 Å².